The van der Waals surface area contributed by atoms with Crippen LogP contribution in [0.4, 0.5) is 0 Å². The Morgan fingerprint density at radius 3 is 2.46 bits per heavy atom. The number of rotatable bonds is 15. The molecule has 0 saturated heterocycles. The Balaban J connectivity index is 2.37. The molecule has 0 aromatic rings. The zero-order valence-electron chi connectivity index (χ0n) is 17.4. The molecule has 5 atom stereocenters. The van der Waals surface area contributed by atoms with E-state index in [1.165, 1.54) is 25.7 Å². The molecule has 162 valence electrons. The molecule has 0 unspecified atom stereocenters. The van der Waals surface area contributed by atoms with E-state index in [0.29, 0.717) is 25.7 Å². The van der Waals surface area contributed by atoms with Crippen LogP contribution in [0, 0.1) is 11.8 Å². The van der Waals surface area contributed by atoms with Gasteiger partial charge in [0.2, 0.25) is 0 Å². The van der Waals surface area contributed by atoms with Crippen molar-refractivity contribution in [3.63, 3.8) is 0 Å². The zero-order chi connectivity index (χ0) is 20.8. The van der Waals surface area contributed by atoms with Crippen LogP contribution in [0.15, 0.2) is 24.3 Å². The Kier molecular flexibility index (Phi) is 13.1. The van der Waals surface area contributed by atoms with Gasteiger partial charge in [-0.15, -0.1) is 0 Å². The molecule has 0 aliphatic heterocycles. The summed E-state index contributed by atoms with van der Waals surface area (Å²) in [6.45, 7) is 2.20. The number of aliphatic carboxylic acids is 1. The molecule has 0 spiro atoms. The molecule has 0 heterocycles. The lowest BCUT2D eigenvalue weighted by Crippen LogP contribution is -2.20. The standard InChI is InChI=1S/C23H40O5/c1-2-3-4-5-6-9-12-18(24)15-16-20-19(21(25)17-22(20)26)13-10-7-8-11-14-23(27)28/h7,10,15-16,18-22,24-26H,2-6,8-9,11-14,17H2,1H3,(H,27,28)/b10-7-,16-15+/t18-,19+,20+,21-,22+/m0/s1. The summed E-state index contributed by atoms with van der Waals surface area (Å²) in [5.41, 5.74) is 0. The molecule has 4 N–H and O–H groups in total. The maximum atomic E-state index is 10.5. The van der Waals surface area contributed by atoms with Crippen LogP contribution in [0.25, 0.3) is 0 Å². The average Bonchev–Trinajstić information content (AvgIpc) is 2.91. The lowest BCUT2D eigenvalue weighted by Gasteiger charge is -2.19. The summed E-state index contributed by atoms with van der Waals surface area (Å²) < 4.78 is 0. The zero-order valence-corrected chi connectivity index (χ0v) is 17.4. The fourth-order valence-electron chi connectivity index (χ4n) is 3.94. The summed E-state index contributed by atoms with van der Waals surface area (Å²) in [5, 5.41) is 39.3. The van der Waals surface area contributed by atoms with Crippen LogP contribution in [0.1, 0.15) is 84.0 Å². The van der Waals surface area contributed by atoms with Gasteiger partial charge in [0, 0.05) is 18.8 Å². The fourth-order valence-corrected chi connectivity index (χ4v) is 3.94. The van der Waals surface area contributed by atoms with Crippen molar-refractivity contribution in [1.29, 1.82) is 0 Å². The van der Waals surface area contributed by atoms with Gasteiger partial charge in [-0.3, -0.25) is 4.79 Å². The van der Waals surface area contributed by atoms with Crippen molar-refractivity contribution in [1.82, 2.24) is 0 Å². The van der Waals surface area contributed by atoms with Gasteiger partial charge in [0.15, 0.2) is 0 Å². The molecule has 5 nitrogen and oxygen atoms in total. The maximum Gasteiger partial charge on any atom is 0.303 e. The number of hydrogen-bond donors (Lipinski definition) is 4. The molecule has 0 radical (unpaired) electrons. The molecule has 1 saturated carbocycles. The molecular weight excluding hydrogens is 356 g/mol. The molecule has 5 heteroatoms. The minimum absolute atomic E-state index is 0.0665. The minimum atomic E-state index is -0.785. The van der Waals surface area contributed by atoms with E-state index < -0.39 is 24.3 Å². The van der Waals surface area contributed by atoms with Gasteiger partial charge in [-0.25, -0.2) is 0 Å². The third kappa shape index (κ3) is 10.4. The highest BCUT2D eigenvalue weighted by atomic mass is 16.4. The van der Waals surface area contributed by atoms with Crippen molar-refractivity contribution in [2.75, 3.05) is 0 Å². The molecular formula is C23H40O5. The molecule has 1 fully saturated rings. The van der Waals surface area contributed by atoms with Gasteiger partial charge in [0.25, 0.3) is 0 Å². The van der Waals surface area contributed by atoms with Gasteiger partial charge >= 0.3 is 5.97 Å². The Labute approximate surface area is 170 Å². The number of carboxylic acids is 1. The quantitative estimate of drug-likeness (QED) is 0.245. The highest BCUT2D eigenvalue weighted by Crippen LogP contribution is 2.36. The second-order valence-corrected chi connectivity index (χ2v) is 8.11. The van der Waals surface area contributed by atoms with E-state index in [1.54, 1.807) is 6.08 Å². The van der Waals surface area contributed by atoms with Crippen molar-refractivity contribution < 1.29 is 25.2 Å². The second kappa shape index (κ2) is 14.8. The summed E-state index contributed by atoms with van der Waals surface area (Å²) >= 11 is 0. The van der Waals surface area contributed by atoms with E-state index in [9.17, 15) is 20.1 Å². The van der Waals surface area contributed by atoms with Gasteiger partial charge in [0.1, 0.15) is 0 Å². The third-order valence-corrected chi connectivity index (χ3v) is 5.66. The smallest absolute Gasteiger partial charge is 0.303 e. The Morgan fingerprint density at radius 2 is 1.75 bits per heavy atom. The van der Waals surface area contributed by atoms with Crippen molar-refractivity contribution in [2.45, 2.75) is 102 Å². The normalized spacial score (nSPS) is 26.4. The van der Waals surface area contributed by atoms with Crippen LogP contribution < -0.4 is 0 Å². The highest BCUT2D eigenvalue weighted by molar-refractivity contribution is 5.66. The summed E-state index contributed by atoms with van der Waals surface area (Å²) in [6, 6.07) is 0. The lowest BCUT2D eigenvalue weighted by molar-refractivity contribution is -0.137. The van der Waals surface area contributed by atoms with Crippen molar-refractivity contribution in [2.24, 2.45) is 11.8 Å². The fraction of sp³-hybridized carbons (Fsp3) is 0.783. The van der Waals surface area contributed by atoms with Crippen LogP contribution in [-0.4, -0.2) is 44.7 Å². The SMILES string of the molecule is CCCCCCCC[C@H](O)/C=C/[C@@H]1[C@@H](C/C=C\CCCC(=O)O)[C@@H](O)C[C@H]1O. The Hall–Kier alpha value is -1.17. The molecule has 1 aliphatic carbocycles. The Bertz CT molecular complexity index is 474. The first-order valence-electron chi connectivity index (χ1n) is 11.0. The molecule has 1 aliphatic rings. The van der Waals surface area contributed by atoms with Crippen LogP contribution >= 0.6 is 0 Å². The summed E-state index contributed by atoms with van der Waals surface area (Å²) in [4.78, 5) is 10.5. The molecule has 0 aromatic heterocycles. The first kappa shape index (κ1) is 24.9. The van der Waals surface area contributed by atoms with E-state index in [-0.39, 0.29) is 18.3 Å². The topological polar surface area (TPSA) is 98.0 Å². The number of unbranched alkanes of at least 4 members (excludes halogenated alkanes) is 6. The second-order valence-electron chi connectivity index (χ2n) is 8.11. The maximum absolute atomic E-state index is 10.5. The summed E-state index contributed by atoms with van der Waals surface area (Å²) in [7, 11) is 0. The lowest BCUT2D eigenvalue weighted by atomic mass is 9.89. The number of allylic oxidation sites excluding steroid dienone is 2. The van der Waals surface area contributed by atoms with Crippen LogP contribution in [0.2, 0.25) is 0 Å². The van der Waals surface area contributed by atoms with Gasteiger partial charge in [-0.1, -0.05) is 69.8 Å². The number of carbonyl (C=O) groups is 1. The van der Waals surface area contributed by atoms with Gasteiger partial charge < -0.3 is 20.4 Å². The molecule has 28 heavy (non-hydrogen) atoms. The predicted octanol–water partition coefficient (Wildman–Crippen LogP) is 4.21. The first-order valence-corrected chi connectivity index (χ1v) is 11.0. The number of aliphatic hydroxyl groups is 3. The summed E-state index contributed by atoms with van der Waals surface area (Å²) in [5.74, 6) is -1.01. The van der Waals surface area contributed by atoms with E-state index in [2.05, 4.69) is 6.92 Å². The number of hydrogen-bond acceptors (Lipinski definition) is 4. The van der Waals surface area contributed by atoms with Crippen LogP contribution in [-0.2, 0) is 4.79 Å². The third-order valence-electron chi connectivity index (χ3n) is 5.66. The van der Waals surface area contributed by atoms with Crippen molar-refractivity contribution >= 4 is 5.97 Å². The van der Waals surface area contributed by atoms with Gasteiger partial charge in [-0.2, -0.15) is 0 Å². The highest BCUT2D eigenvalue weighted by Gasteiger charge is 2.39. The van der Waals surface area contributed by atoms with Crippen molar-refractivity contribution in [3.05, 3.63) is 24.3 Å². The van der Waals surface area contributed by atoms with Crippen LogP contribution in [0.3, 0.4) is 0 Å². The Morgan fingerprint density at radius 1 is 1.04 bits per heavy atom. The number of carboxylic acid groups (broad SMARTS) is 1. The largest absolute Gasteiger partial charge is 0.481 e. The monoisotopic (exact) mass is 396 g/mol. The van der Waals surface area contributed by atoms with Crippen molar-refractivity contribution in [3.8, 4) is 0 Å². The van der Waals surface area contributed by atoms with E-state index in [0.717, 1.165) is 19.3 Å². The van der Waals surface area contributed by atoms with Crippen LogP contribution in [0.5, 0.6) is 0 Å². The molecule has 0 bridgehead atoms. The molecule has 0 amide bonds. The van der Waals surface area contributed by atoms with E-state index >= 15 is 0 Å². The van der Waals surface area contributed by atoms with Gasteiger partial charge in [0.05, 0.1) is 18.3 Å². The summed E-state index contributed by atoms with van der Waals surface area (Å²) in [6.07, 6.45) is 16.3. The average molecular weight is 397 g/mol. The van der Waals surface area contributed by atoms with Gasteiger partial charge in [-0.05, 0) is 31.6 Å². The molecule has 0 aromatic carbocycles. The van der Waals surface area contributed by atoms with E-state index in [1.807, 2.05) is 18.2 Å². The molecule has 1 rings (SSSR count). The number of aliphatic hydroxyl groups excluding tert-OH is 3. The predicted molar refractivity (Wildman–Crippen MR) is 112 cm³/mol. The van der Waals surface area contributed by atoms with E-state index in [4.69, 9.17) is 5.11 Å². The first-order chi connectivity index (χ1) is 13.5. The minimum Gasteiger partial charge on any atom is -0.481 e.